The van der Waals surface area contributed by atoms with Crippen LogP contribution in [0.2, 0.25) is 0 Å². The van der Waals surface area contributed by atoms with Gasteiger partial charge < -0.3 is 15.2 Å². The molecule has 2 aliphatic heterocycles. The third kappa shape index (κ3) is 3.10. The topological polar surface area (TPSA) is 119 Å². The molecule has 0 spiro atoms. The maximum atomic E-state index is 13.2. The maximum Gasteiger partial charge on any atom is 0.329 e. The van der Waals surface area contributed by atoms with Crippen LogP contribution in [0, 0.1) is 0 Å². The largest absolute Gasteiger partial charge is 0.366 e. The molecule has 2 bridgehead atoms. The molecular formula is C20H22N8O2. The van der Waals surface area contributed by atoms with E-state index in [0.717, 1.165) is 36.2 Å². The minimum Gasteiger partial charge on any atom is -0.366 e. The summed E-state index contributed by atoms with van der Waals surface area (Å²) < 4.78 is 0. The van der Waals surface area contributed by atoms with E-state index in [4.69, 9.17) is 0 Å². The zero-order valence-electron chi connectivity index (χ0n) is 16.7. The van der Waals surface area contributed by atoms with Gasteiger partial charge in [0.2, 0.25) is 0 Å². The van der Waals surface area contributed by atoms with Gasteiger partial charge in [0.15, 0.2) is 5.82 Å². The molecule has 10 heteroatoms. The Bertz CT molecular complexity index is 1140. The summed E-state index contributed by atoms with van der Waals surface area (Å²) in [5, 5.41) is 5.71. The van der Waals surface area contributed by atoms with E-state index < -0.39 is 0 Å². The van der Waals surface area contributed by atoms with Crippen molar-refractivity contribution in [3.05, 3.63) is 36.4 Å². The molecule has 154 valence electrons. The number of imidazole rings is 1. The van der Waals surface area contributed by atoms with Gasteiger partial charge in [0, 0.05) is 25.2 Å². The monoisotopic (exact) mass is 406 g/mol. The second-order valence-electron chi connectivity index (χ2n) is 7.85. The number of anilines is 3. The van der Waals surface area contributed by atoms with Crippen LogP contribution in [0.1, 0.15) is 30.8 Å². The highest BCUT2D eigenvalue weighted by atomic mass is 16.2. The molecule has 5 heterocycles. The molecule has 3 N–H and O–H groups in total. The summed E-state index contributed by atoms with van der Waals surface area (Å²) in [5.41, 5.74) is 2.66. The summed E-state index contributed by atoms with van der Waals surface area (Å²) in [6, 6.07) is 4.96. The average molecular weight is 406 g/mol. The zero-order chi connectivity index (χ0) is 20.8. The fraction of sp³-hybridized carbons (Fsp3) is 0.350. The van der Waals surface area contributed by atoms with Crippen LogP contribution in [0.4, 0.5) is 22.1 Å². The lowest BCUT2D eigenvalue weighted by atomic mass is 10.1. The van der Waals surface area contributed by atoms with Gasteiger partial charge in [0.25, 0.3) is 5.91 Å². The summed E-state index contributed by atoms with van der Waals surface area (Å²) in [6.45, 7) is 5.37. The first-order valence-electron chi connectivity index (χ1n) is 9.96. The van der Waals surface area contributed by atoms with Crippen LogP contribution in [0.5, 0.6) is 0 Å². The van der Waals surface area contributed by atoms with E-state index in [1.54, 1.807) is 29.6 Å². The Kier molecular flexibility index (Phi) is 4.27. The number of urea groups is 1. The summed E-state index contributed by atoms with van der Waals surface area (Å²) in [4.78, 5) is 45.6. The number of pyridine rings is 2. The molecule has 10 nitrogen and oxygen atoms in total. The Hall–Kier alpha value is -3.69. The van der Waals surface area contributed by atoms with E-state index >= 15 is 0 Å². The summed E-state index contributed by atoms with van der Waals surface area (Å²) in [7, 11) is 0. The minimum absolute atomic E-state index is 0.00213. The van der Waals surface area contributed by atoms with E-state index in [1.807, 2.05) is 19.9 Å². The lowest BCUT2D eigenvalue weighted by molar-refractivity contribution is 0.0938. The molecule has 3 aromatic heterocycles. The molecule has 30 heavy (non-hydrogen) atoms. The fourth-order valence-corrected chi connectivity index (χ4v) is 4.01. The van der Waals surface area contributed by atoms with Crippen LogP contribution < -0.4 is 20.4 Å². The number of carbonyl (C=O) groups excluding carboxylic acids is 2. The third-order valence-electron chi connectivity index (χ3n) is 5.36. The molecule has 1 unspecified atom stereocenters. The molecular weight excluding hydrogens is 384 g/mol. The second kappa shape index (κ2) is 6.97. The zero-order valence-corrected chi connectivity index (χ0v) is 16.7. The number of hydrogen-bond acceptors (Lipinski definition) is 6. The number of H-pyrrole nitrogens is 1. The van der Waals surface area contributed by atoms with Gasteiger partial charge in [-0.2, -0.15) is 0 Å². The number of nitrogens with zero attached hydrogens (tertiary/aromatic N) is 5. The smallest absolute Gasteiger partial charge is 0.329 e. The number of rotatable bonds is 3. The molecule has 5 rings (SSSR count). The SMILES string of the molecule is CC(C)NC(=O)c1ccc2c(n1)N(C(=O)Nc1cc3nc[nH]c3cn1)C1CCN2C1. The van der Waals surface area contributed by atoms with Crippen LogP contribution in [0.25, 0.3) is 11.0 Å². The van der Waals surface area contributed by atoms with Gasteiger partial charge in [-0.05, 0) is 32.4 Å². The molecule has 0 saturated carbocycles. The van der Waals surface area contributed by atoms with Crippen molar-refractivity contribution in [1.82, 2.24) is 25.3 Å². The number of nitrogens with one attached hydrogen (secondary N) is 3. The summed E-state index contributed by atoms with van der Waals surface area (Å²) >= 11 is 0. The Morgan fingerprint density at radius 1 is 1.27 bits per heavy atom. The molecule has 0 aromatic carbocycles. The Labute approximate surface area is 172 Å². The van der Waals surface area contributed by atoms with Crippen molar-refractivity contribution in [2.75, 3.05) is 28.2 Å². The van der Waals surface area contributed by atoms with Crippen molar-refractivity contribution < 1.29 is 9.59 Å². The van der Waals surface area contributed by atoms with Crippen molar-refractivity contribution in [2.45, 2.75) is 32.4 Å². The molecule has 1 atom stereocenters. The van der Waals surface area contributed by atoms with Crippen LogP contribution >= 0.6 is 0 Å². The van der Waals surface area contributed by atoms with Gasteiger partial charge in [-0.1, -0.05) is 0 Å². The molecule has 3 aromatic rings. The first kappa shape index (κ1) is 18.3. The molecule has 1 saturated heterocycles. The maximum absolute atomic E-state index is 13.2. The van der Waals surface area contributed by atoms with Gasteiger partial charge in [-0.3, -0.25) is 15.0 Å². The molecule has 1 fully saturated rings. The van der Waals surface area contributed by atoms with Gasteiger partial charge in [-0.25, -0.2) is 19.7 Å². The van der Waals surface area contributed by atoms with Gasteiger partial charge in [0.1, 0.15) is 11.5 Å². The Morgan fingerprint density at radius 2 is 2.13 bits per heavy atom. The summed E-state index contributed by atoms with van der Waals surface area (Å²) in [6.07, 6.45) is 4.05. The highest BCUT2D eigenvalue weighted by Crippen LogP contribution is 2.39. The third-order valence-corrected chi connectivity index (χ3v) is 5.36. The second-order valence-corrected chi connectivity index (χ2v) is 7.85. The minimum atomic E-state index is -0.320. The van der Waals surface area contributed by atoms with Gasteiger partial charge >= 0.3 is 6.03 Å². The normalized spacial score (nSPS) is 17.4. The predicted octanol–water partition coefficient (Wildman–Crippen LogP) is 2.12. The number of aromatic amines is 1. The average Bonchev–Trinajstić information content (AvgIpc) is 3.34. The van der Waals surface area contributed by atoms with Crippen molar-refractivity contribution in [2.24, 2.45) is 0 Å². The first-order valence-corrected chi connectivity index (χ1v) is 9.96. The van der Waals surface area contributed by atoms with Crippen molar-refractivity contribution in [3.8, 4) is 0 Å². The summed E-state index contributed by atoms with van der Waals surface area (Å²) in [5.74, 6) is 0.653. The fourth-order valence-electron chi connectivity index (χ4n) is 4.01. The van der Waals surface area contributed by atoms with Crippen molar-refractivity contribution >= 4 is 40.3 Å². The lowest BCUT2D eigenvalue weighted by Gasteiger charge is -2.35. The van der Waals surface area contributed by atoms with E-state index in [-0.39, 0.29) is 24.0 Å². The molecule has 2 aliphatic rings. The van der Waals surface area contributed by atoms with E-state index in [1.165, 1.54) is 0 Å². The van der Waals surface area contributed by atoms with Crippen molar-refractivity contribution in [3.63, 3.8) is 0 Å². The van der Waals surface area contributed by atoms with Gasteiger partial charge in [-0.15, -0.1) is 0 Å². The van der Waals surface area contributed by atoms with Crippen LogP contribution in [-0.2, 0) is 0 Å². The lowest BCUT2D eigenvalue weighted by Crippen LogP contribution is -2.48. The van der Waals surface area contributed by atoms with Crippen LogP contribution in [0.3, 0.4) is 0 Å². The number of carbonyl (C=O) groups is 2. The highest BCUT2D eigenvalue weighted by molar-refractivity contribution is 6.05. The highest BCUT2D eigenvalue weighted by Gasteiger charge is 2.40. The molecule has 0 aliphatic carbocycles. The van der Waals surface area contributed by atoms with E-state index in [2.05, 4.69) is 35.5 Å². The number of aromatic nitrogens is 4. The van der Waals surface area contributed by atoms with Crippen molar-refractivity contribution in [1.29, 1.82) is 0 Å². The van der Waals surface area contributed by atoms with Gasteiger partial charge in [0.05, 0.1) is 35.3 Å². The molecule has 3 amide bonds. The number of amides is 3. The predicted molar refractivity (Wildman–Crippen MR) is 113 cm³/mol. The standard InChI is InChI=1S/C20H22N8O2/c1-11(2)24-19(29)13-3-4-16-18(25-13)28(12-5-6-27(16)9-12)20(30)26-17-7-14-15(8-21-17)23-10-22-14/h3-4,7-8,10-12H,5-6,9H2,1-2H3,(H,22,23)(H,24,29)(H,21,26,30). The van der Waals surface area contributed by atoms with Crippen LogP contribution in [-0.4, -0.2) is 57.0 Å². The van der Waals surface area contributed by atoms with E-state index in [0.29, 0.717) is 17.3 Å². The number of fused-ring (bicyclic) bond motifs is 5. The van der Waals surface area contributed by atoms with Crippen LogP contribution in [0.15, 0.2) is 30.7 Å². The Balaban J connectivity index is 1.47. The first-order chi connectivity index (χ1) is 14.5. The molecule has 0 radical (unpaired) electrons. The van der Waals surface area contributed by atoms with E-state index in [9.17, 15) is 9.59 Å². The number of hydrogen-bond donors (Lipinski definition) is 3. The quantitative estimate of drug-likeness (QED) is 0.613. The Morgan fingerprint density at radius 3 is 2.97 bits per heavy atom.